The molecule has 0 heterocycles. The molecule has 0 spiro atoms. The first-order valence-electron chi connectivity index (χ1n) is 11.9. The quantitative estimate of drug-likeness (QED) is 0.379. The van der Waals surface area contributed by atoms with Crippen molar-refractivity contribution >= 4 is 0 Å². The SMILES string of the molecule is [C]1=C/C=C/C=C\C=C\C=C\C=C\C=C\C=C/C=C/CCCCCCCCCCCC/1. The van der Waals surface area contributed by atoms with Crippen LogP contribution in [0.3, 0.4) is 0 Å². The van der Waals surface area contributed by atoms with E-state index >= 15 is 0 Å². The van der Waals surface area contributed by atoms with Gasteiger partial charge < -0.3 is 0 Å². The topological polar surface area (TPSA) is 0 Å². The Morgan fingerprint density at radius 1 is 0.333 bits per heavy atom. The second-order valence-electron chi connectivity index (χ2n) is 7.57. The summed E-state index contributed by atoms with van der Waals surface area (Å²) in [6.07, 6.45) is 54.5. The second kappa shape index (κ2) is 22.9. The minimum atomic E-state index is 1.08. The number of hydrogen-bond donors (Lipinski definition) is 0. The summed E-state index contributed by atoms with van der Waals surface area (Å²) in [7, 11) is 0. The highest BCUT2D eigenvalue weighted by Gasteiger charge is 1.92. The molecule has 1 aliphatic carbocycles. The van der Waals surface area contributed by atoms with E-state index < -0.39 is 0 Å². The lowest BCUT2D eigenvalue weighted by Gasteiger charge is -2.01. The van der Waals surface area contributed by atoms with Gasteiger partial charge in [-0.2, -0.15) is 0 Å². The summed E-state index contributed by atoms with van der Waals surface area (Å²) in [6, 6.07) is 0. The van der Waals surface area contributed by atoms with Crippen LogP contribution in [-0.2, 0) is 0 Å². The average Bonchev–Trinajstić information content (AvgIpc) is 2.76. The van der Waals surface area contributed by atoms with E-state index in [4.69, 9.17) is 0 Å². The molecule has 0 aromatic heterocycles. The molecule has 1 rings (SSSR count). The number of rotatable bonds is 0. The summed E-state index contributed by atoms with van der Waals surface area (Å²) in [6.45, 7) is 0. The highest BCUT2D eigenvalue weighted by Crippen LogP contribution is 2.12. The Kier molecular flexibility index (Phi) is 19.7. The van der Waals surface area contributed by atoms with Crippen LogP contribution in [0.25, 0.3) is 0 Å². The van der Waals surface area contributed by atoms with Crippen LogP contribution in [0.5, 0.6) is 0 Å². The van der Waals surface area contributed by atoms with E-state index in [9.17, 15) is 0 Å². The molecule has 0 heteroatoms. The fraction of sp³-hybridized carbons (Fsp3) is 0.400. The van der Waals surface area contributed by atoms with Crippen molar-refractivity contribution in [1.29, 1.82) is 0 Å². The van der Waals surface area contributed by atoms with Gasteiger partial charge in [-0.25, -0.2) is 0 Å². The lowest BCUT2D eigenvalue weighted by atomic mass is 10.0. The molecule has 0 nitrogen and oxygen atoms in total. The van der Waals surface area contributed by atoms with Gasteiger partial charge in [-0.05, 0) is 31.8 Å². The number of hydrogen-bond acceptors (Lipinski definition) is 0. The summed E-state index contributed by atoms with van der Waals surface area (Å²) in [5, 5.41) is 0. The van der Waals surface area contributed by atoms with Crippen LogP contribution in [-0.4, -0.2) is 0 Å². The van der Waals surface area contributed by atoms with E-state index in [1.54, 1.807) is 0 Å². The zero-order valence-corrected chi connectivity index (χ0v) is 18.8. The van der Waals surface area contributed by atoms with Gasteiger partial charge in [0.05, 0.1) is 0 Å². The Bertz CT molecular complexity index is 573. The lowest BCUT2D eigenvalue weighted by Crippen LogP contribution is -1.82. The fourth-order valence-electron chi connectivity index (χ4n) is 3.12. The van der Waals surface area contributed by atoms with Crippen molar-refractivity contribution in [2.24, 2.45) is 0 Å². The Balaban J connectivity index is 2.38. The molecular formula is C30H41. The van der Waals surface area contributed by atoms with E-state index in [1.165, 1.54) is 70.6 Å². The van der Waals surface area contributed by atoms with Crippen molar-refractivity contribution in [3.63, 3.8) is 0 Å². The summed E-state index contributed by atoms with van der Waals surface area (Å²) in [5.41, 5.74) is 0. The van der Waals surface area contributed by atoms with Gasteiger partial charge in [0.15, 0.2) is 0 Å². The minimum absolute atomic E-state index is 1.08. The molecule has 0 bridgehead atoms. The van der Waals surface area contributed by atoms with Gasteiger partial charge in [0.2, 0.25) is 0 Å². The Morgan fingerprint density at radius 3 is 1.20 bits per heavy atom. The van der Waals surface area contributed by atoms with E-state index in [0.29, 0.717) is 0 Å². The predicted octanol–water partition coefficient (Wildman–Crippen LogP) is 9.49. The van der Waals surface area contributed by atoms with Crippen molar-refractivity contribution < 1.29 is 0 Å². The average molecular weight is 402 g/mol. The van der Waals surface area contributed by atoms with Gasteiger partial charge in [0.25, 0.3) is 0 Å². The van der Waals surface area contributed by atoms with Crippen molar-refractivity contribution in [2.45, 2.75) is 77.0 Å². The highest BCUT2D eigenvalue weighted by atomic mass is 14.0. The molecule has 0 aliphatic heterocycles. The summed E-state index contributed by atoms with van der Waals surface area (Å²) in [4.78, 5) is 0. The molecule has 0 aromatic carbocycles. The zero-order valence-electron chi connectivity index (χ0n) is 18.8. The van der Waals surface area contributed by atoms with Gasteiger partial charge in [-0.15, -0.1) is 0 Å². The second-order valence-corrected chi connectivity index (χ2v) is 7.57. The molecule has 0 N–H and O–H groups in total. The Labute approximate surface area is 186 Å². The minimum Gasteiger partial charge on any atom is -0.0845 e. The third-order valence-electron chi connectivity index (χ3n) is 4.85. The molecule has 0 fully saturated rings. The first kappa shape index (κ1) is 25.7. The predicted molar refractivity (Wildman–Crippen MR) is 136 cm³/mol. The van der Waals surface area contributed by atoms with Gasteiger partial charge in [0, 0.05) is 0 Å². The first-order chi connectivity index (χ1) is 15.0. The van der Waals surface area contributed by atoms with E-state index in [2.05, 4.69) is 42.5 Å². The maximum absolute atomic E-state index is 3.37. The molecule has 0 unspecified atom stereocenters. The lowest BCUT2D eigenvalue weighted by molar-refractivity contribution is 0.553. The molecule has 1 aliphatic rings. The van der Waals surface area contributed by atoms with Gasteiger partial charge >= 0.3 is 0 Å². The van der Waals surface area contributed by atoms with Crippen LogP contribution in [0.15, 0.2) is 103 Å². The molecule has 0 aromatic rings. The van der Waals surface area contributed by atoms with Gasteiger partial charge in [0.1, 0.15) is 0 Å². The molecule has 161 valence electrons. The summed E-state index contributed by atoms with van der Waals surface area (Å²) in [5.74, 6) is 0. The number of allylic oxidation sites excluding steroid dienone is 18. The summed E-state index contributed by atoms with van der Waals surface area (Å²) >= 11 is 0. The monoisotopic (exact) mass is 401 g/mol. The fourth-order valence-corrected chi connectivity index (χ4v) is 3.12. The normalized spacial score (nSPS) is 28.8. The van der Waals surface area contributed by atoms with Crippen LogP contribution in [0.1, 0.15) is 77.0 Å². The van der Waals surface area contributed by atoms with Crippen LogP contribution >= 0.6 is 0 Å². The third-order valence-corrected chi connectivity index (χ3v) is 4.85. The zero-order chi connectivity index (χ0) is 21.2. The van der Waals surface area contributed by atoms with Crippen molar-refractivity contribution in [3.8, 4) is 0 Å². The molecule has 0 amide bonds. The van der Waals surface area contributed by atoms with Crippen LogP contribution in [0.2, 0.25) is 0 Å². The Hall–Kier alpha value is -2.34. The molecule has 0 saturated carbocycles. The van der Waals surface area contributed by atoms with E-state index in [-0.39, 0.29) is 0 Å². The third kappa shape index (κ3) is 20.4. The molecule has 0 atom stereocenters. The van der Waals surface area contributed by atoms with Crippen molar-refractivity contribution in [2.75, 3.05) is 0 Å². The van der Waals surface area contributed by atoms with Crippen LogP contribution in [0.4, 0.5) is 0 Å². The van der Waals surface area contributed by atoms with Crippen molar-refractivity contribution in [1.82, 2.24) is 0 Å². The molecule has 0 saturated heterocycles. The van der Waals surface area contributed by atoms with Crippen LogP contribution in [0, 0.1) is 6.08 Å². The van der Waals surface area contributed by atoms with E-state index in [1.807, 2.05) is 66.8 Å². The van der Waals surface area contributed by atoms with Gasteiger partial charge in [-0.1, -0.05) is 155 Å². The molecule has 1 radical (unpaired) electrons. The Morgan fingerprint density at radius 2 is 0.700 bits per heavy atom. The van der Waals surface area contributed by atoms with E-state index in [0.717, 1.165) is 6.42 Å². The largest absolute Gasteiger partial charge is 0.0845 e. The van der Waals surface area contributed by atoms with Crippen LogP contribution < -0.4 is 0 Å². The summed E-state index contributed by atoms with van der Waals surface area (Å²) < 4.78 is 0. The molecule has 30 heavy (non-hydrogen) atoms. The standard InChI is InChI=1S/C30H41/c1-2-4-6-8-10-12-14-16-18-20-22-24-26-28-30-29-27-25-23-21-19-17-15-13-11-9-7-5-3-1/h1-17H,18,20-30H2/b3-1+,4-2+,7-5+,8-6+,11-9-,12-10-,15-13+,16-14+,19-17?. The smallest absolute Gasteiger partial charge is 0.0276 e. The van der Waals surface area contributed by atoms with Crippen molar-refractivity contribution in [3.05, 3.63) is 109 Å². The first-order valence-corrected chi connectivity index (χ1v) is 11.9. The van der Waals surface area contributed by atoms with Gasteiger partial charge in [-0.3, -0.25) is 0 Å². The highest BCUT2D eigenvalue weighted by molar-refractivity contribution is 5.21. The maximum Gasteiger partial charge on any atom is -0.0276 e. The maximum atomic E-state index is 3.37. The molecular weight excluding hydrogens is 360 g/mol.